The molecule has 0 unspecified atom stereocenters. The summed E-state index contributed by atoms with van der Waals surface area (Å²) in [6.45, 7) is 4.46. The largest absolute Gasteiger partial charge is 0.338 e. The Morgan fingerprint density at radius 3 is 2.26 bits per heavy atom. The molecule has 2 aromatic carbocycles. The topological polar surface area (TPSA) is 49.4 Å². The number of nitrogens with one attached hydrogen (secondary N) is 1. The van der Waals surface area contributed by atoms with Crippen LogP contribution in [0, 0.1) is 6.92 Å². The molecule has 4 nitrogen and oxygen atoms in total. The summed E-state index contributed by atoms with van der Waals surface area (Å²) in [7, 11) is 0. The zero-order valence-corrected chi connectivity index (χ0v) is 13.6. The maximum Gasteiger partial charge on any atom is 0.226 e. The number of rotatable bonds is 6. The highest BCUT2D eigenvalue weighted by Crippen LogP contribution is 2.10. The van der Waals surface area contributed by atoms with Gasteiger partial charge in [0.1, 0.15) is 0 Å². The lowest BCUT2D eigenvalue weighted by molar-refractivity contribution is -0.129. The van der Waals surface area contributed by atoms with Gasteiger partial charge < -0.3 is 10.2 Å². The van der Waals surface area contributed by atoms with Gasteiger partial charge in [-0.25, -0.2) is 0 Å². The molecule has 0 spiro atoms. The fraction of sp³-hybridized carbons (Fsp3) is 0.263. The van der Waals surface area contributed by atoms with Crippen molar-refractivity contribution in [2.45, 2.75) is 26.8 Å². The minimum absolute atomic E-state index is 0.0306. The van der Waals surface area contributed by atoms with Crippen LogP contribution in [0.15, 0.2) is 54.6 Å². The van der Waals surface area contributed by atoms with Crippen LogP contribution in [-0.2, 0) is 16.1 Å². The number of nitrogens with zero attached hydrogens (tertiary/aromatic N) is 1. The highest BCUT2D eigenvalue weighted by molar-refractivity contribution is 5.91. The van der Waals surface area contributed by atoms with Crippen LogP contribution in [0.3, 0.4) is 0 Å². The van der Waals surface area contributed by atoms with E-state index < -0.39 is 0 Å². The van der Waals surface area contributed by atoms with Crippen molar-refractivity contribution in [2.75, 3.05) is 11.9 Å². The van der Waals surface area contributed by atoms with Crippen LogP contribution in [0.4, 0.5) is 5.69 Å². The first-order valence-electron chi connectivity index (χ1n) is 7.70. The summed E-state index contributed by atoms with van der Waals surface area (Å²) < 4.78 is 0. The van der Waals surface area contributed by atoms with Crippen LogP contribution in [0.25, 0.3) is 0 Å². The average molecular weight is 310 g/mol. The van der Waals surface area contributed by atoms with Crippen LogP contribution < -0.4 is 5.32 Å². The summed E-state index contributed by atoms with van der Waals surface area (Å²) in [6, 6.07) is 17.4. The molecule has 0 saturated carbocycles. The summed E-state index contributed by atoms with van der Waals surface area (Å²) in [5, 5.41) is 2.85. The predicted octanol–water partition coefficient (Wildman–Crippen LogP) is 3.37. The maximum atomic E-state index is 12.0. The quantitative estimate of drug-likeness (QED) is 0.889. The van der Waals surface area contributed by atoms with Crippen molar-refractivity contribution in [3.63, 3.8) is 0 Å². The number of amides is 2. The van der Waals surface area contributed by atoms with E-state index in [9.17, 15) is 9.59 Å². The Hall–Kier alpha value is -2.62. The van der Waals surface area contributed by atoms with Crippen LogP contribution >= 0.6 is 0 Å². The van der Waals surface area contributed by atoms with Crippen molar-refractivity contribution in [2.24, 2.45) is 0 Å². The van der Waals surface area contributed by atoms with Crippen LogP contribution in [0.2, 0.25) is 0 Å². The first-order valence-corrected chi connectivity index (χ1v) is 7.70. The summed E-state index contributed by atoms with van der Waals surface area (Å²) in [5.74, 6) is -0.120. The van der Waals surface area contributed by atoms with E-state index in [0.29, 0.717) is 13.1 Å². The number of aryl methyl sites for hydroxylation is 1. The van der Waals surface area contributed by atoms with E-state index in [0.717, 1.165) is 16.8 Å². The van der Waals surface area contributed by atoms with Crippen molar-refractivity contribution in [1.82, 2.24) is 4.90 Å². The van der Waals surface area contributed by atoms with E-state index in [-0.39, 0.29) is 18.2 Å². The van der Waals surface area contributed by atoms with Crippen LogP contribution in [0.5, 0.6) is 0 Å². The van der Waals surface area contributed by atoms with E-state index in [1.54, 1.807) is 4.90 Å². The van der Waals surface area contributed by atoms with Crippen molar-refractivity contribution in [3.05, 3.63) is 65.7 Å². The number of carbonyl (C=O) groups excluding carboxylic acids is 2. The molecule has 23 heavy (non-hydrogen) atoms. The molecule has 0 fully saturated rings. The lowest BCUT2D eigenvalue weighted by atomic mass is 10.2. The van der Waals surface area contributed by atoms with E-state index in [1.807, 2.05) is 61.5 Å². The lowest BCUT2D eigenvalue weighted by Crippen LogP contribution is -2.31. The smallest absolute Gasteiger partial charge is 0.226 e. The monoisotopic (exact) mass is 310 g/mol. The molecule has 2 rings (SSSR count). The molecule has 0 saturated heterocycles. The Kier molecular flexibility index (Phi) is 5.92. The second-order valence-corrected chi connectivity index (χ2v) is 5.59. The highest BCUT2D eigenvalue weighted by atomic mass is 16.2. The zero-order valence-electron chi connectivity index (χ0n) is 13.6. The first-order chi connectivity index (χ1) is 11.0. The van der Waals surface area contributed by atoms with Crippen molar-refractivity contribution in [1.29, 1.82) is 0 Å². The molecule has 0 radical (unpaired) electrons. The van der Waals surface area contributed by atoms with Crippen molar-refractivity contribution >= 4 is 17.5 Å². The van der Waals surface area contributed by atoms with Crippen molar-refractivity contribution in [3.8, 4) is 0 Å². The molecule has 2 amide bonds. The number of hydrogen-bond donors (Lipinski definition) is 1. The molecule has 1 N–H and O–H groups in total. The SMILES string of the molecule is CC(=O)N(CCC(=O)Nc1ccc(C)cc1)Cc1ccccc1. The molecule has 2 aromatic rings. The lowest BCUT2D eigenvalue weighted by Gasteiger charge is -2.21. The number of anilines is 1. The predicted molar refractivity (Wildman–Crippen MR) is 92.0 cm³/mol. The normalized spacial score (nSPS) is 10.2. The molecule has 120 valence electrons. The third-order valence-corrected chi connectivity index (χ3v) is 3.61. The fourth-order valence-corrected chi connectivity index (χ4v) is 2.25. The van der Waals surface area contributed by atoms with Gasteiger partial charge in [0.15, 0.2) is 0 Å². The third kappa shape index (κ3) is 5.58. The Morgan fingerprint density at radius 1 is 1.00 bits per heavy atom. The molecular formula is C19H22N2O2. The number of hydrogen-bond acceptors (Lipinski definition) is 2. The van der Waals surface area contributed by atoms with Crippen molar-refractivity contribution < 1.29 is 9.59 Å². The second kappa shape index (κ2) is 8.13. The first kappa shape index (κ1) is 16.7. The molecule has 0 aliphatic carbocycles. The highest BCUT2D eigenvalue weighted by Gasteiger charge is 2.12. The summed E-state index contributed by atoms with van der Waals surface area (Å²) in [4.78, 5) is 25.5. The molecule has 4 heteroatoms. The van der Waals surface area contributed by atoms with Gasteiger partial charge in [-0.05, 0) is 24.6 Å². The molecule has 0 aliphatic rings. The molecule has 0 heterocycles. The Balaban J connectivity index is 1.87. The van der Waals surface area contributed by atoms with Crippen LogP contribution in [-0.4, -0.2) is 23.3 Å². The Labute approximate surface area is 137 Å². The van der Waals surface area contributed by atoms with Gasteiger partial charge in [-0.2, -0.15) is 0 Å². The standard InChI is InChI=1S/C19H22N2O2/c1-15-8-10-18(11-9-15)20-19(23)12-13-21(16(2)22)14-17-6-4-3-5-7-17/h3-11H,12-14H2,1-2H3,(H,20,23). The van der Waals surface area contributed by atoms with Gasteiger partial charge >= 0.3 is 0 Å². The third-order valence-electron chi connectivity index (χ3n) is 3.61. The minimum Gasteiger partial charge on any atom is -0.338 e. The molecule has 0 atom stereocenters. The second-order valence-electron chi connectivity index (χ2n) is 5.59. The molecule has 0 aliphatic heterocycles. The van der Waals surface area contributed by atoms with Gasteiger partial charge in [0.2, 0.25) is 11.8 Å². The van der Waals surface area contributed by atoms with E-state index >= 15 is 0 Å². The Bertz CT molecular complexity index is 651. The summed E-state index contributed by atoms with van der Waals surface area (Å²) >= 11 is 0. The average Bonchev–Trinajstić information content (AvgIpc) is 2.54. The number of carbonyl (C=O) groups is 2. The van der Waals surface area contributed by atoms with Gasteiger partial charge in [-0.3, -0.25) is 9.59 Å². The van der Waals surface area contributed by atoms with Gasteiger partial charge in [0, 0.05) is 32.1 Å². The van der Waals surface area contributed by atoms with Gasteiger partial charge in [0.25, 0.3) is 0 Å². The molecule has 0 aromatic heterocycles. The van der Waals surface area contributed by atoms with E-state index in [1.165, 1.54) is 6.92 Å². The molecular weight excluding hydrogens is 288 g/mol. The summed E-state index contributed by atoms with van der Waals surface area (Å²) in [5.41, 5.74) is 2.98. The van der Waals surface area contributed by atoms with Gasteiger partial charge in [0.05, 0.1) is 0 Å². The fourth-order valence-electron chi connectivity index (χ4n) is 2.25. The number of benzene rings is 2. The van der Waals surface area contributed by atoms with E-state index in [4.69, 9.17) is 0 Å². The van der Waals surface area contributed by atoms with Gasteiger partial charge in [-0.15, -0.1) is 0 Å². The Morgan fingerprint density at radius 2 is 1.65 bits per heavy atom. The minimum atomic E-state index is -0.0897. The summed E-state index contributed by atoms with van der Waals surface area (Å²) in [6.07, 6.45) is 0.278. The van der Waals surface area contributed by atoms with E-state index in [2.05, 4.69) is 5.32 Å². The maximum absolute atomic E-state index is 12.0. The van der Waals surface area contributed by atoms with Gasteiger partial charge in [-0.1, -0.05) is 48.0 Å². The molecule has 0 bridgehead atoms. The zero-order chi connectivity index (χ0) is 16.7. The van der Waals surface area contributed by atoms with Crippen LogP contribution in [0.1, 0.15) is 24.5 Å².